The van der Waals surface area contributed by atoms with Gasteiger partial charge in [0.2, 0.25) is 5.91 Å². The highest BCUT2D eigenvalue weighted by atomic mass is 16.4. The molecule has 0 aliphatic carbocycles. The Morgan fingerprint density at radius 1 is 1.20 bits per heavy atom. The minimum atomic E-state index is -1.07. The highest BCUT2D eigenvalue weighted by Gasteiger charge is 2.15. The standard InChI is InChI=1S/C14H14N2O4/c1-15(10-4-6-11(17)7-5-10)13(18)9-16-8-2-3-12(16)14(19)20/h2-8,17H,9H2,1H3,(H,19,20). The van der Waals surface area contributed by atoms with Crippen LogP contribution in [0.1, 0.15) is 10.5 Å². The van der Waals surface area contributed by atoms with Gasteiger partial charge in [0.1, 0.15) is 18.0 Å². The lowest BCUT2D eigenvalue weighted by molar-refractivity contribution is -0.118. The van der Waals surface area contributed by atoms with Crippen molar-refractivity contribution in [2.75, 3.05) is 11.9 Å². The molecule has 2 N–H and O–H groups in total. The molecule has 0 saturated heterocycles. The Morgan fingerprint density at radius 2 is 1.85 bits per heavy atom. The number of hydrogen-bond acceptors (Lipinski definition) is 3. The second kappa shape index (κ2) is 5.48. The number of amides is 1. The lowest BCUT2D eigenvalue weighted by Gasteiger charge is -2.18. The predicted octanol–water partition coefficient (Wildman–Crippen LogP) is 1.55. The van der Waals surface area contributed by atoms with Gasteiger partial charge in [0.15, 0.2) is 0 Å². The first-order chi connectivity index (χ1) is 9.49. The van der Waals surface area contributed by atoms with Crippen molar-refractivity contribution in [3.63, 3.8) is 0 Å². The Hall–Kier alpha value is -2.76. The zero-order valence-corrected chi connectivity index (χ0v) is 10.9. The summed E-state index contributed by atoms with van der Waals surface area (Å²) < 4.78 is 1.38. The van der Waals surface area contributed by atoms with E-state index in [-0.39, 0.29) is 23.9 Å². The number of phenolic OH excluding ortho intramolecular Hbond substituents is 1. The molecule has 104 valence electrons. The molecule has 1 aromatic heterocycles. The number of carbonyl (C=O) groups is 2. The van der Waals surface area contributed by atoms with Gasteiger partial charge in [-0.2, -0.15) is 0 Å². The van der Waals surface area contributed by atoms with Crippen LogP contribution in [0.15, 0.2) is 42.6 Å². The number of hydrogen-bond donors (Lipinski definition) is 2. The molecule has 20 heavy (non-hydrogen) atoms. The van der Waals surface area contributed by atoms with Gasteiger partial charge < -0.3 is 19.7 Å². The molecule has 2 rings (SSSR count). The average molecular weight is 274 g/mol. The summed E-state index contributed by atoms with van der Waals surface area (Å²) >= 11 is 0. The van der Waals surface area contributed by atoms with Crippen LogP contribution in [0.2, 0.25) is 0 Å². The van der Waals surface area contributed by atoms with Crippen molar-refractivity contribution in [1.82, 2.24) is 4.57 Å². The SMILES string of the molecule is CN(C(=O)Cn1cccc1C(=O)O)c1ccc(O)cc1. The normalized spacial score (nSPS) is 10.2. The molecule has 6 heteroatoms. The van der Waals surface area contributed by atoms with Crippen LogP contribution in [0.3, 0.4) is 0 Å². The molecule has 6 nitrogen and oxygen atoms in total. The fraction of sp³-hybridized carbons (Fsp3) is 0.143. The number of nitrogens with zero attached hydrogens (tertiary/aromatic N) is 2. The number of benzene rings is 1. The van der Waals surface area contributed by atoms with Crippen molar-refractivity contribution in [3.05, 3.63) is 48.3 Å². The molecule has 1 amide bonds. The Labute approximate surface area is 115 Å². The van der Waals surface area contributed by atoms with Gasteiger partial charge in [-0.25, -0.2) is 4.79 Å². The van der Waals surface area contributed by atoms with E-state index < -0.39 is 5.97 Å². The van der Waals surface area contributed by atoms with E-state index in [0.29, 0.717) is 5.69 Å². The van der Waals surface area contributed by atoms with E-state index in [1.165, 1.54) is 27.7 Å². The quantitative estimate of drug-likeness (QED) is 0.886. The maximum Gasteiger partial charge on any atom is 0.352 e. The van der Waals surface area contributed by atoms with Gasteiger partial charge in [-0.1, -0.05) is 0 Å². The molecule has 0 bridgehead atoms. The second-order valence-electron chi connectivity index (χ2n) is 4.30. The molecular formula is C14H14N2O4. The van der Waals surface area contributed by atoms with E-state index in [1.807, 2.05) is 0 Å². The number of anilines is 1. The Morgan fingerprint density at radius 3 is 2.45 bits per heavy atom. The van der Waals surface area contributed by atoms with Crippen molar-refractivity contribution >= 4 is 17.6 Å². The van der Waals surface area contributed by atoms with Crippen molar-refractivity contribution < 1.29 is 19.8 Å². The molecule has 0 unspecified atom stereocenters. The number of rotatable bonds is 4. The highest BCUT2D eigenvalue weighted by Crippen LogP contribution is 2.17. The smallest absolute Gasteiger partial charge is 0.352 e. The summed E-state index contributed by atoms with van der Waals surface area (Å²) in [5.41, 5.74) is 0.689. The largest absolute Gasteiger partial charge is 0.508 e. The van der Waals surface area contributed by atoms with Crippen LogP contribution < -0.4 is 4.90 Å². The number of aromatic carboxylic acids is 1. The van der Waals surface area contributed by atoms with E-state index in [4.69, 9.17) is 5.11 Å². The van der Waals surface area contributed by atoms with E-state index in [0.717, 1.165) is 0 Å². The molecular weight excluding hydrogens is 260 g/mol. The third kappa shape index (κ3) is 2.80. The molecule has 0 spiro atoms. The van der Waals surface area contributed by atoms with E-state index in [2.05, 4.69) is 0 Å². The second-order valence-corrected chi connectivity index (χ2v) is 4.30. The number of likely N-dealkylation sites (N-methyl/N-ethyl adjacent to an activating group) is 1. The van der Waals surface area contributed by atoms with E-state index in [1.54, 1.807) is 31.4 Å². The average Bonchev–Trinajstić information content (AvgIpc) is 2.87. The van der Waals surface area contributed by atoms with E-state index >= 15 is 0 Å². The van der Waals surface area contributed by atoms with E-state index in [9.17, 15) is 14.7 Å². The summed E-state index contributed by atoms with van der Waals surface area (Å²) in [5.74, 6) is -1.21. The Kier molecular flexibility index (Phi) is 3.74. The monoisotopic (exact) mass is 274 g/mol. The van der Waals surface area contributed by atoms with Gasteiger partial charge in [0, 0.05) is 18.9 Å². The summed E-state index contributed by atoms with van der Waals surface area (Å²) in [6.07, 6.45) is 1.55. The molecule has 0 fully saturated rings. The first-order valence-electron chi connectivity index (χ1n) is 5.93. The van der Waals surface area contributed by atoms with Gasteiger partial charge in [-0.3, -0.25) is 4.79 Å². The van der Waals surface area contributed by atoms with Crippen LogP contribution in [0, 0.1) is 0 Å². The zero-order chi connectivity index (χ0) is 14.7. The van der Waals surface area contributed by atoms with Gasteiger partial charge in [0.05, 0.1) is 0 Å². The van der Waals surface area contributed by atoms with Crippen LogP contribution in [0.4, 0.5) is 5.69 Å². The number of phenols is 1. The number of aromatic hydroxyl groups is 1. The van der Waals surface area contributed by atoms with Gasteiger partial charge in [-0.15, -0.1) is 0 Å². The van der Waals surface area contributed by atoms with Crippen molar-refractivity contribution in [1.29, 1.82) is 0 Å². The van der Waals surface area contributed by atoms with Gasteiger partial charge in [-0.05, 0) is 36.4 Å². The summed E-state index contributed by atoms with van der Waals surface area (Å²) in [7, 11) is 1.60. The maximum atomic E-state index is 12.1. The summed E-state index contributed by atoms with van der Waals surface area (Å²) in [5, 5.41) is 18.2. The number of carbonyl (C=O) groups excluding carboxylic acids is 1. The lowest BCUT2D eigenvalue weighted by atomic mass is 10.3. The van der Waals surface area contributed by atoms with Crippen molar-refractivity contribution in [2.24, 2.45) is 0 Å². The van der Waals surface area contributed by atoms with Gasteiger partial charge in [0.25, 0.3) is 0 Å². The molecule has 0 radical (unpaired) electrons. The van der Waals surface area contributed by atoms with Crippen LogP contribution in [-0.4, -0.2) is 33.7 Å². The third-order valence-electron chi connectivity index (χ3n) is 2.97. The predicted molar refractivity (Wildman–Crippen MR) is 72.9 cm³/mol. The maximum absolute atomic E-state index is 12.1. The number of carboxylic acid groups (broad SMARTS) is 1. The van der Waals surface area contributed by atoms with Crippen LogP contribution in [-0.2, 0) is 11.3 Å². The molecule has 2 aromatic rings. The lowest BCUT2D eigenvalue weighted by Crippen LogP contribution is -2.30. The third-order valence-corrected chi connectivity index (χ3v) is 2.97. The molecule has 1 aromatic carbocycles. The first kappa shape index (κ1) is 13.7. The van der Waals surface area contributed by atoms with Crippen LogP contribution in [0.25, 0.3) is 0 Å². The highest BCUT2D eigenvalue weighted by molar-refractivity contribution is 5.93. The van der Waals surface area contributed by atoms with Crippen LogP contribution in [0.5, 0.6) is 5.75 Å². The topological polar surface area (TPSA) is 82.8 Å². The molecule has 1 heterocycles. The molecule has 0 atom stereocenters. The fourth-order valence-electron chi connectivity index (χ4n) is 1.82. The first-order valence-corrected chi connectivity index (χ1v) is 5.93. The minimum Gasteiger partial charge on any atom is -0.508 e. The zero-order valence-electron chi connectivity index (χ0n) is 10.9. The fourth-order valence-corrected chi connectivity index (χ4v) is 1.82. The number of carboxylic acids is 1. The van der Waals surface area contributed by atoms with Crippen molar-refractivity contribution in [2.45, 2.75) is 6.54 Å². The summed E-state index contributed by atoms with van der Waals surface area (Å²) in [4.78, 5) is 24.5. The van der Waals surface area contributed by atoms with Crippen LogP contribution >= 0.6 is 0 Å². The molecule has 0 aliphatic rings. The molecule has 0 saturated carbocycles. The molecule has 0 aliphatic heterocycles. The summed E-state index contributed by atoms with van der Waals surface area (Å²) in [6.45, 7) is -0.0635. The Balaban J connectivity index is 2.13. The number of aromatic nitrogens is 1. The Bertz CT molecular complexity index is 631. The van der Waals surface area contributed by atoms with Gasteiger partial charge >= 0.3 is 5.97 Å². The minimum absolute atomic E-state index is 0.0635. The van der Waals surface area contributed by atoms with Crippen molar-refractivity contribution in [3.8, 4) is 5.75 Å². The summed E-state index contributed by atoms with van der Waals surface area (Å²) in [6, 6.07) is 9.21.